The number of hydrogen-bond acceptors (Lipinski definition) is 2. The highest BCUT2D eigenvalue weighted by Crippen LogP contribution is 2.32. The van der Waals surface area contributed by atoms with Gasteiger partial charge in [-0.05, 0) is 6.07 Å². The van der Waals surface area contributed by atoms with Crippen LogP contribution in [0.5, 0.6) is 5.75 Å². The fourth-order valence-electron chi connectivity index (χ4n) is 1.36. The van der Waals surface area contributed by atoms with Crippen LogP contribution in [-0.4, -0.2) is 13.7 Å². The summed E-state index contributed by atoms with van der Waals surface area (Å²) in [6.07, 6.45) is 0. The summed E-state index contributed by atoms with van der Waals surface area (Å²) in [5.41, 5.74) is 6.17. The molecule has 0 saturated carbocycles. The third-order valence-electron chi connectivity index (χ3n) is 2.41. The molecule has 2 nitrogen and oxygen atoms in total. The van der Waals surface area contributed by atoms with Gasteiger partial charge in [-0.3, -0.25) is 0 Å². The summed E-state index contributed by atoms with van der Waals surface area (Å²) in [5, 5.41) is 0. The number of halogens is 1. The summed E-state index contributed by atoms with van der Waals surface area (Å²) in [5.74, 6) is -0.0468. The molecule has 0 aliphatic heterocycles. The first kappa shape index (κ1) is 11.0. The minimum absolute atomic E-state index is 0.270. The second kappa shape index (κ2) is 3.96. The molecule has 0 heterocycles. The molecule has 1 rings (SSSR count). The van der Waals surface area contributed by atoms with Crippen molar-refractivity contribution in [2.75, 3.05) is 13.7 Å². The van der Waals surface area contributed by atoms with E-state index in [1.54, 1.807) is 6.07 Å². The van der Waals surface area contributed by atoms with Crippen molar-refractivity contribution in [1.82, 2.24) is 0 Å². The summed E-state index contributed by atoms with van der Waals surface area (Å²) in [6.45, 7) is 4.38. The van der Waals surface area contributed by atoms with E-state index in [0.29, 0.717) is 12.3 Å². The molecule has 0 amide bonds. The lowest BCUT2D eigenvalue weighted by molar-refractivity contribution is 0.368. The highest BCUT2D eigenvalue weighted by atomic mass is 19.1. The maximum Gasteiger partial charge on any atom is 0.165 e. The molecular formula is C11H16FNO. The third kappa shape index (κ3) is 1.87. The zero-order chi connectivity index (χ0) is 10.8. The van der Waals surface area contributed by atoms with E-state index in [2.05, 4.69) is 0 Å². The lowest BCUT2D eigenvalue weighted by Crippen LogP contribution is -2.28. The third-order valence-corrected chi connectivity index (χ3v) is 2.41. The van der Waals surface area contributed by atoms with Crippen LogP contribution in [0.4, 0.5) is 4.39 Å². The number of ether oxygens (including phenoxy) is 1. The number of benzene rings is 1. The van der Waals surface area contributed by atoms with Gasteiger partial charge in [0.1, 0.15) is 0 Å². The van der Waals surface area contributed by atoms with Gasteiger partial charge >= 0.3 is 0 Å². The summed E-state index contributed by atoms with van der Waals surface area (Å²) in [7, 11) is 1.47. The van der Waals surface area contributed by atoms with E-state index in [0.717, 1.165) is 5.56 Å². The van der Waals surface area contributed by atoms with E-state index in [9.17, 15) is 4.39 Å². The lowest BCUT2D eigenvalue weighted by Gasteiger charge is -2.25. The van der Waals surface area contributed by atoms with Crippen LogP contribution in [-0.2, 0) is 5.41 Å². The molecule has 1 aromatic carbocycles. The summed E-state index contributed by atoms with van der Waals surface area (Å²) >= 11 is 0. The van der Waals surface area contributed by atoms with E-state index >= 15 is 0 Å². The largest absolute Gasteiger partial charge is 0.493 e. The Morgan fingerprint density at radius 1 is 1.43 bits per heavy atom. The van der Waals surface area contributed by atoms with Crippen molar-refractivity contribution in [3.05, 3.63) is 29.6 Å². The van der Waals surface area contributed by atoms with E-state index < -0.39 is 0 Å². The van der Waals surface area contributed by atoms with Crippen molar-refractivity contribution < 1.29 is 9.13 Å². The van der Waals surface area contributed by atoms with E-state index in [-0.39, 0.29) is 11.2 Å². The molecule has 0 spiro atoms. The standard InChI is InChI=1S/C11H16FNO/c1-11(2,7-13)8-5-4-6-9(12)10(8)14-3/h4-6H,7,13H2,1-3H3. The Bertz CT molecular complexity index is 323. The SMILES string of the molecule is COc1c(F)cccc1C(C)(C)CN. The second-order valence-corrected chi connectivity index (χ2v) is 3.91. The molecule has 0 aromatic heterocycles. The molecule has 0 atom stereocenters. The van der Waals surface area contributed by atoms with Gasteiger partial charge in [-0.1, -0.05) is 26.0 Å². The monoisotopic (exact) mass is 197 g/mol. The van der Waals surface area contributed by atoms with Crippen molar-refractivity contribution in [2.24, 2.45) is 5.73 Å². The van der Waals surface area contributed by atoms with Crippen LogP contribution in [0.1, 0.15) is 19.4 Å². The van der Waals surface area contributed by atoms with Gasteiger partial charge in [-0.15, -0.1) is 0 Å². The maximum absolute atomic E-state index is 13.4. The molecule has 0 bridgehead atoms. The van der Waals surface area contributed by atoms with Crippen LogP contribution in [0.25, 0.3) is 0 Å². The predicted molar refractivity (Wildman–Crippen MR) is 55.0 cm³/mol. The first-order valence-corrected chi connectivity index (χ1v) is 4.56. The highest BCUT2D eigenvalue weighted by molar-refractivity contribution is 5.40. The predicted octanol–water partition coefficient (Wildman–Crippen LogP) is 2.07. The maximum atomic E-state index is 13.4. The van der Waals surface area contributed by atoms with Crippen LogP contribution in [0.2, 0.25) is 0 Å². The minimum Gasteiger partial charge on any atom is -0.493 e. The molecule has 2 N–H and O–H groups in total. The van der Waals surface area contributed by atoms with Gasteiger partial charge in [0.25, 0.3) is 0 Å². The molecule has 14 heavy (non-hydrogen) atoms. The summed E-state index contributed by atoms with van der Waals surface area (Å²) < 4.78 is 18.4. The Labute approximate surface area is 83.9 Å². The average Bonchev–Trinajstić information content (AvgIpc) is 2.17. The molecule has 0 aliphatic carbocycles. The first-order valence-electron chi connectivity index (χ1n) is 4.56. The van der Waals surface area contributed by atoms with Crippen LogP contribution in [0, 0.1) is 5.82 Å². The normalized spacial score (nSPS) is 11.5. The number of nitrogens with two attached hydrogens (primary N) is 1. The zero-order valence-corrected chi connectivity index (χ0v) is 8.80. The van der Waals surface area contributed by atoms with Gasteiger partial charge in [0.2, 0.25) is 0 Å². The molecular weight excluding hydrogens is 181 g/mol. The van der Waals surface area contributed by atoms with Gasteiger partial charge in [0, 0.05) is 17.5 Å². The Hall–Kier alpha value is -1.09. The smallest absolute Gasteiger partial charge is 0.165 e. The molecule has 78 valence electrons. The minimum atomic E-state index is -0.341. The Kier molecular flexibility index (Phi) is 3.11. The summed E-state index contributed by atoms with van der Waals surface area (Å²) in [4.78, 5) is 0. The fraction of sp³-hybridized carbons (Fsp3) is 0.455. The Morgan fingerprint density at radius 2 is 2.07 bits per heavy atom. The van der Waals surface area contributed by atoms with E-state index in [1.807, 2.05) is 19.9 Å². The molecule has 0 aliphatic rings. The Morgan fingerprint density at radius 3 is 2.57 bits per heavy atom. The average molecular weight is 197 g/mol. The van der Waals surface area contributed by atoms with Gasteiger partial charge in [0.05, 0.1) is 7.11 Å². The first-order chi connectivity index (χ1) is 6.53. The van der Waals surface area contributed by atoms with Gasteiger partial charge in [0.15, 0.2) is 11.6 Å². The number of rotatable bonds is 3. The molecule has 0 saturated heterocycles. The van der Waals surface area contributed by atoms with Crippen molar-refractivity contribution in [2.45, 2.75) is 19.3 Å². The number of para-hydroxylation sites is 1. The van der Waals surface area contributed by atoms with Gasteiger partial charge < -0.3 is 10.5 Å². The number of methoxy groups -OCH3 is 1. The Balaban J connectivity index is 3.27. The zero-order valence-electron chi connectivity index (χ0n) is 8.80. The quantitative estimate of drug-likeness (QED) is 0.805. The van der Waals surface area contributed by atoms with Gasteiger partial charge in [-0.2, -0.15) is 0 Å². The fourth-order valence-corrected chi connectivity index (χ4v) is 1.36. The molecule has 0 radical (unpaired) electrons. The van der Waals surface area contributed by atoms with Crippen molar-refractivity contribution in [1.29, 1.82) is 0 Å². The molecule has 0 fully saturated rings. The van der Waals surface area contributed by atoms with Crippen molar-refractivity contribution >= 4 is 0 Å². The molecule has 3 heteroatoms. The molecule has 1 aromatic rings. The van der Waals surface area contributed by atoms with Crippen LogP contribution >= 0.6 is 0 Å². The van der Waals surface area contributed by atoms with E-state index in [4.69, 9.17) is 10.5 Å². The topological polar surface area (TPSA) is 35.2 Å². The second-order valence-electron chi connectivity index (χ2n) is 3.91. The lowest BCUT2D eigenvalue weighted by atomic mass is 9.84. The van der Waals surface area contributed by atoms with Crippen molar-refractivity contribution in [3.63, 3.8) is 0 Å². The van der Waals surface area contributed by atoms with Crippen LogP contribution in [0.3, 0.4) is 0 Å². The van der Waals surface area contributed by atoms with Crippen LogP contribution < -0.4 is 10.5 Å². The highest BCUT2D eigenvalue weighted by Gasteiger charge is 2.24. The van der Waals surface area contributed by atoms with Gasteiger partial charge in [-0.25, -0.2) is 4.39 Å². The summed E-state index contributed by atoms with van der Waals surface area (Å²) in [6, 6.07) is 4.90. The van der Waals surface area contributed by atoms with Crippen molar-refractivity contribution in [3.8, 4) is 5.75 Å². The molecule has 0 unspecified atom stereocenters. The van der Waals surface area contributed by atoms with E-state index in [1.165, 1.54) is 13.2 Å². The number of hydrogen-bond donors (Lipinski definition) is 1. The van der Waals surface area contributed by atoms with Crippen LogP contribution in [0.15, 0.2) is 18.2 Å².